The quantitative estimate of drug-likeness (QED) is 0.322. The van der Waals surface area contributed by atoms with Gasteiger partial charge in [0.05, 0.1) is 23.7 Å². The first kappa shape index (κ1) is 21.7. The highest BCUT2D eigenvalue weighted by Crippen LogP contribution is 2.32. The van der Waals surface area contributed by atoms with E-state index in [9.17, 15) is 4.79 Å². The van der Waals surface area contributed by atoms with Gasteiger partial charge < -0.3 is 14.3 Å². The fourth-order valence-corrected chi connectivity index (χ4v) is 4.32. The molecule has 0 fully saturated rings. The third-order valence-electron chi connectivity index (χ3n) is 6.07. The zero-order valence-electron chi connectivity index (χ0n) is 19.5. The van der Waals surface area contributed by atoms with Crippen LogP contribution in [-0.4, -0.2) is 11.1 Å². The molecule has 5 aromatic rings. The van der Waals surface area contributed by atoms with Crippen molar-refractivity contribution in [3.05, 3.63) is 113 Å². The topological polar surface area (TPSA) is 68.3 Å². The molecular weight excluding hydrogens is 424 g/mol. The van der Waals surface area contributed by atoms with Crippen molar-refractivity contribution in [2.45, 2.75) is 33.2 Å². The first-order chi connectivity index (χ1) is 16.5. The van der Waals surface area contributed by atoms with E-state index in [1.165, 1.54) is 5.56 Å². The minimum atomic E-state index is -0.210. The standard InChI is InChI=1S/C29H26N2O3/c1-18-9-12-23(13-10-18)29(22-7-5-4-6-8-22)30-27(32)16-21-11-14-25-24(15-21)17-26(33-25)28-19(2)31-34-20(28)3/h4-15,17,29H,16H2,1-3H3,(H,30,32). The monoisotopic (exact) mass is 450 g/mol. The minimum absolute atomic E-state index is 0.0387. The van der Waals surface area contributed by atoms with Gasteiger partial charge in [0.1, 0.15) is 17.1 Å². The number of nitrogens with one attached hydrogen (secondary N) is 1. The van der Waals surface area contributed by atoms with Gasteiger partial charge in [0.15, 0.2) is 0 Å². The molecule has 5 heteroatoms. The fraction of sp³-hybridized carbons (Fsp3) is 0.172. The van der Waals surface area contributed by atoms with E-state index in [4.69, 9.17) is 8.94 Å². The number of aryl methyl sites for hydroxylation is 3. The lowest BCUT2D eigenvalue weighted by Crippen LogP contribution is -2.30. The summed E-state index contributed by atoms with van der Waals surface area (Å²) in [6.45, 7) is 5.82. The Morgan fingerprint density at radius 1 is 0.912 bits per heavy atom. The van der Waals surface area contributed by atoms with Crippen molar-refractivity contribution in [2.75, 3.05) is 0 Å². The van der Waals surface area contributed by atoms with Crippen LogP contribution < -0.4 is 5.32 Å². The van der Waals surface area contributed by atoms with Crippen LogP contribution in [0.3, 0.4) is 0 Å². The van der Waals surface area contributed by atoms with Gasteiger partial charge in [-0.1, -0.05) is 71.4 Å². The number of hydrogen-bond acceptors (Lipinski definition) is 4. The molecule has 34 heavy (non-hydrogen) atoms. The molecule has 5 rings (SSSR count). The molecule has 0 aliphatic heterocycles. The van der Waals surface area contributed by atoms with Crippen LogP contribution in [0.2, 0.25) is 0 Å². The fourth-order valence-electron chi connectivity index (χ4n) is 4.32. The SMILES string of the molecule is Cc1ccc(C(NC(=O)Cc2ccc3oc(-c4c(C)noc4C)cc3c2)c2ccccc2)cc1. The molecule has 0 saturated heterocycles. The Labute approximate surface area is 198 Å². The second-order valence-electron chi connectivity index (χ2n) is 8.68. The summed E-state index contributed by atoms with van der Waals surface area (Å²) >= 11 is 0. The molecule has 0 saturated carbocycles. The molecule has 0 aliphatic carbocycles. The van der Waals surface area contributed by atoms with Gasteiger partial charge in [-0.05, 0) is 55.7 Å². The van der Waals surface area contributed by atoms with E-state index >= 15 is 0 Å². The van der Waals surface area contributed by atoms with Crippen molar-refractivity contribution in [3.63, 3.8) is 0 Å². The largest absolute Gasteiger partial charge is 0.456 e. The van der Waals surface area contributed by atoms with Gasteiger partial charge in [0.25, 0.3) is 0 Å². The second-order valence-corrected chi connectivity index (χ2v) is 8.68. The average Bonchev–Trinajstić information content (AvgIpc) is 3.40. The van der Waals surface area contributed by atoms with Crippen molar-refractivity contribution >= 4 is 16.9 Å². The van der Waals surface area contributed by atoms with Crippen LogP contribution in [0, 0.1) is 20.8 Å². The van der Waals surface area contributed by atoms with E-state index in [2.05, 4.69) is 41.7 Å². The Bertz CT molecular complexity index is 1430. The van der Waals surface area contributed by atoms with Crippen molar-refractivity contribution in [2.24, 2.45) is 0 Å². The van der Waals surface area contributed by atoms with Gasteiger partial charge in [0.2, 0.25) is 5.91 Å². The predicted octanol–water partition coefficient (Wildman–Crippen LogP) is 6.46. The third-order valence-corrected chi connectivity index (χ3v) is 6.07. The summed E-state index contributed by atoms with van der Waals surface area (Å²) < 4.78 is 11.3. The van der Waals surface area contributed by atoms with E-state index in [1.807, 2.05) is 68.4 Å². The summed E-state index contributed by atoms with van der Waals surface area (Å²) in [5.41, 5.74) is 6.64. The first-order valence-corrected chi connectivity index (χ1v) is 11.3. The number of furan rings is 1. The Morgan fingerprint density at radius 2 is 1.65 bits per heavy atom. The van der Waals surface area contributed by atoms with E-state index in [1.54, 1.807) is 0 Å². The van der Waals surface area contributed by atoms with Crippen molar-refractivity contribution in [3.8, 4) is 11.3 Å². The lowest BCUT2D eigenvalue weighted by Gasteiger charge is -2.20. The predicted molar refractivity (Wildman–Crippen MR) is 132 cm³/mol. The van der Waals surface area contributed by atoms with Gasteiger partial charge in [-0.15, -0.1) is 0 Å². The highest BCUT2D eigenvalue weighted by atomic mass is 16.5. The van der Waals surface area contributed by atoms with E-state index in [0.717, 1.165) is 50.4 Å². The molecule has 170 valence electrons. The Hall–Kier alpha value is -4.12. The molecule has 1 unspecified atom stereocenters. The number of carbonyl (C=O) groups excluding carboxylic acids is 1. The molecule has 1 amide bonds. The average molecular weight is 451 g/mol. The number of amides is 1. The van der Waals surface area contributed by atoms with Gasteiger partial charge in [0, 0.05) is 5.39 Å². The molecule has 1 N–H and O–H groups in total. The normalized spacial score (nSPS) is 12.1. The van der Waals surface area contributed by atoms with Crippen LogP contribution in [0.25, 0.3) is 22.3 Å². The molecule has 3 aromatic carbocycles. The molecule has 0 radical (unpaired) electrons. The number of aromatic nitrogens is 1. The number of hydrogen-bond donors (Lipinski definition) is 1. The number of carbonyl (C=O) groups is 1. The summed E-state index contributed by atoms with van der Waals surface area (Å²) in [4.78, 5) is 13.1. The van der Waals surface area contributed by atoms with Gasteiger partial charge in [-0.3, -0.25) is 4.79 Å². The van der Waals surface area contributed by atoms with Crippen LogP contribution in [0.15, 0.2) is 87.8 Å². The first-order valence-electron chi connectivity index (χ1n) is 11.3. The zero-order chi connectivity index (χ0) is 23.7. The molecule has 2 aromatic heterocycles. The Morgan fingerprint density at radius 3 is 2.35 bits per heavy atom. The van der Waals surface area contributed by atoms with Crippen LogP contribution in [0.1, 0.15) is 39.7 Å². The summed E-state index contributed by atoms with van der Waals surface area (Å²) in [6, 6.07) is 25.9. The van der Waals surface area contributed by atoms with E-state index in [0.29, 0.717) is 0 Å². The number of nitrogens with zero attached hydrogens (tertiary/aromatic N) is 1. The highest BCUT2D eigenvalue weighted by Gasteiger charge is 2.19. The summed E-state index contributed by atoms with van der Waals surface area (Å²) in [5.74, 6) is 1.40. The van der Waals surface area contributed by atoms with Crippen molar-refractivity contribution in [1.82, 2.24) is 10.5 Å². The second kappa shape index (κ2) is 9.02. The molecular formula is C29H26N2O3. The molecule has 0 bridgehead atoms. The lowest BCUT2D eigenvalue weighted by atomic mass is 9.97. The molecule has 0 spiro atoms. The number of fused-ring (bicyclic) bond motifs is 1. The van der Waals surface area contributed by atoms with Crippen LogP contribution in [-0.2, 0) is 11.2 Å². The molecule has 0 aliphatic rings. The Balaban J connectivity index is 1.38. The lowest BCUT2D eigenvalue weighted by molar-refractivity contribution is -0.120. The van der Waals surface area contributed by atoms with Gasteiger partial charge >= 0.3 is 0 Å². The van der Waals surface area contributed by atoms with Crippen LogP contribution in [0.4, 0.5) is 0 Å². The maximum absolute atomic E-state index is 13.1. The summed E-state index contributed by atoms with van der Waals surface area (Å²) in [7, 11) is 0. The highest BCUT2D eigenvalue weighted by molar-refractivity contribution is 5.86. The van der Waals surface area contributed by atoms with Crippen LogP contribution >= 0.6 is 0 Å². The van der Waals surface area contributed by atoms with Crippen molar-refractivity contribution < 1.29 is 13.7 Å². The number of benzene rings is 3. The molecule has 2 heterocycles. The number of rotatable bonds is 6. The minimum Gasteiger partial charge on any atom is -0.456 e. The van der Waals surface area contributed by atoms with E-state index < -0.39 is 0 Å². The van der Waals surface area contributed by atoms with Gasteiger partial charge in [-0.2, -0.15) is 0 Å². The van der Waals surface area contributed by atoms with E-state index in [-0.39, 0.29) is 18.4 Å². The summed E-state index contributed by atoms with van der Waals surface area (Å²) in [5, 5.41) is 8.18. The maximum Gasteiger partial charge on any atom is 0.225 e. The Kier molecular flexibility index (Phi) is 5.76. The third kappa shape index (κ3) is 4.37. The molecule has 1 atom stereocenters. The van der Waals surface area contributed by atoms with Crippen LogP contribution in [0.5, 0.6) is 0 Å². The smallest absolute Gasteiger partial charge is 0.225 e. The summed E-state index contributed by atoms with van der Waals surface area (Å²) in [6.07, 6.45) is 0.275. The van der Waals surface area contributed by atoms with Crippen molar-refractivity contribution in [1.29, 1.82) is 0 Å². The molecule has 5 nitrogen and oxygen atoms in total. The van der Waals surface area contributed by atoms with Gasteiger partial charge in [-0.25, -0.2) is 0 Å². The maximum atomic E-state index is 13.1. The zero-order valence-corrected chi connectivity index (χ0v) is 19.5.